The number of carboxylic acid groups (broad SMARTS) is 1. The van der Waals surface area contributed by atoms with Crippen LogP contribution in [-0.2, 0) is 13.6 Å². The first-order chi connectivity index (χ1) is 8.18. The van der Waals surface area contributed by atoms with Crippen LogP contribution in [0, 0.1) is 0 Å². The fourth-order valence-corrected chi connectivity index (χ4v) is 1.38. The molecule has 0 unspecified atom stereocenters. The Morgan fingerprint density at radius 3 is 2.94 bits per heavy atom. The number of aryl methyl sites for hydroxylation is 1. The van der Waals surface area contributed by atoms with Gasteiger partial charge < -0.3 is 10.4 Å². The van der Waals surface area contributed by atoms with Gasteiger partial charge in [-0.15, -0.1) is 5.10 Å². The van der Waals surface area contributed by atoms with Gasteiger partial charge in [-0.25, -0.2) is 4.79 Å². The van der Waals surface area contributed by atoms with E-state index in [1.165, 1.54) is 12.3 Å². The monoisotopic (exact) mass is 233 g/mol. The Morgan fingerprint density at radius 2 is 2.29 bits per heavy atom. The maximum absolute atomic E-state index is 10.9. The van der Waals surface area contributed by atoms with Crippen LogP contribution >= 0.6 is 0 Å². The molecule has 88 valence electrons. The molecule has 7 nitrogen and oxygen atoms in total. The molecule has 2 N–H and O–H groups in total. The van der Waals surface area contributed by atoms with Crippen molar-refractivity contribution in [1.82, 2.24) is 20.0 Å². The zero-order valence-electron chi connectivity index (χ0n) is 9.16. The van der Waals surface area contributed by atoms with Crippen molar-refractivity contribution in [2.75, 3.05) is 5.32 Å². The molecule has 0 aromatic carbocycles. The van der Waals surface area contributed by atoms with Crippen LogP contribution in [-0.4, -0.2) is 31.1 Å². The summed E-state index contributed by atoms with van der Waals surface area (Å²) in [6.45, 7) is 0.440. The summed E-state index contributed by atoms with van der Waals surface area (Å²) < 4.78 is 1.70. The van der Waals surface area contributed by atoms with Gasteiger partial charge in [0.2, 0.25) is 0 Å². The minimum absolute atomic E-state index is 0.0992. The molecule has 0 aliphatic heterocycles. The number of aromatic nitrogens is 4. The number of carboxylic acids is 1. The topological polar surface area (TPSA) is 92.9 Å². The van der Waals surface area contributed by atoms with E-state index in [1.807, 2.05) is 13.1 Å². The average Bonchev–Trinajstić information content (AvgIpc) is 2.72. The quantitative estimate of drug-likeness (QED) is 0.799. The largest absolute Gasteiger partial charge is 0.478 e. The molecule has 17 heavy (non-hydrogen) atoms. The lowest BCUT2D eigenvalue weighted by molar-refractivity contribution is 0.0697. The number of nitrogens with zero attached hydrogens (tertiary/aromatic N) is 4. The van der Waals surface area contributed by atoms with Gasteiger partial charge in [0.05, 0.1) is 18.4 Å². The number of rotatable bonds is 4. The SMILES string of the molecule is Cn1nccc1CNc1nnccc1C(=O)O. The molecular weight excluding hydrogens is 222 g/mol. The Balaban J connectivity index is 2.14. The van der Waals surface area contributed by atoms with Gasteiger partial charge >= 0.3 is 5.97 Å². The maximum Gasteiger partial charge on any atom is 0.339 e. The fraction of sp³-hybridized carbons (Fsp3) is 0.200. The highest BCUT2D eigenvalue weighted by atomic mass is 16.4. The van der Waals surface area contributed by atoms with Gasteiger partial charge in [-0.2, -0.15) is 10.2 Å². The molecule has 2 aromatic heterocycles. The first-order valence-corrected chi connectivity index (χ1v) is 4.94. The number of aromatic carboxylic acids is 1. The summed E-state index contributed by atoms with van der Waals surface area (Å²) in [6.07, 6.45) is 3.02. The van der Waals surface area contributed by atoms with Gasteiger partial charge in [-0.1, -0.05) is 0 Å². The van der Waals surface area contributed by atoms with E-state index >= 15 is 0 Å². The van der Waals surface area contributed by atoms with Crippen LogP contribution in [0.5, 0.6) is 0 Å². The Morgan fingerprint density at radius 1 is 1.47 bits per heavy atom. The minimum Gasteiger partial charge on any atom is -0.478 e. The molecule has 0 bridgehead atoms. The molecule has 0 aliphatic carbocycles. The van der Waals surface area contributed by atoms with E-state index in [2.05, 4.69) is 20.6 Å². The molecule has 0 amide bonds. The number of anilines is 1. The Labute approximate surface area is 97.1 Å². The van der Waals surface area contributed by atoms with Gasteiger partial charge in [0, 0.05) is 13.2 Å². The molecule has 7 heteroatoms. The Bertz CT molecular complexity index is 537. The molecule has 0 aliphatic rings. The third-order valence-electron chi connectivity index (χ3n) is 2.31. The van der Waals surface area contributed by atoms with Crippen molar-refractivity contribution in [1.29, 1.82) is 0 Å². The standard InChI is InChI=1S/C10H11N5O2/c1-15-7(2-5-13-15)6-11-9-8(10(16)17)3-4-12-14-9/h2-5H,6H2,1H3,(H,11,14)(H,16,17). The summed E-state index contributed by atoms with van der Waals surface area (Å²) >= 11 is 0. The zero-order chi connectivity index (χ0) is 12.3. The average molecular weight is 233 g/mol. The summed E-state index contributed by atoms with van der Waals surface area (Å²) in [7, 11) is 1.81. The second-order valence-corrected chi connectivity index (χ2v) is 3.40. The van der Waals surface area contributed by atoms with Crippen LogP contribution in [0.2, 0.25) is 0 Å². The lowest BCUT2D eigenvalue weighted by Crippen LogP contribution is -2.11. The lowest BCUT2D eigenvalue weighted by Gasteiger charge is -2.07. The van der Waals surface area contributed by atoms with Crippen LogP contribution in [0.1, 0.15) is 16.1 Å². The number of hydrogen-bond donors (Lipinski definition) is 2. The van der Waals surface area contributed by atoms with Gasteiger partial charge in [-0.05, 0) is 12.1 Å². The van der Waals surface area contributed by atoms with Crippen LogP contribution in [0.25, 0.3) is 0 Å². The van der Waals surface area contributed by atoms with E-state index in [0.29, 0.717) is 6.54 Å². The second-order valence-electron chi connectivity index (χ2n) is 3.40. The van der Waals surface area contributed by atoms with Crippen molar-refractivity contribution in [3.05, 3.63) is 35.8 Å². The number of carbonyl (C=O) groups is 1. The highest BCUT2D eigenvalue weighted by Crippen LogP contribution is 2.11. The van der Waals surface area contributed by atoms with Crippen molar-refractivity contribution in [2.24, 2.45) is 7.05 Å². The van der Waals surface area contributed by atoms with E-state index in [1.54, 1.807) is 10.9 Å². The van der Waals surface area contributed by atoms with E-state index < -0.39 is 5.97 Å². The van der Waals surface area contributed by atoms with Gasteiger partial charge in [-0.3, -0.25) is 4.68 Å². The van der Waals surface area contributed by atoms with Crippen molar-refractivity contribution < 1.29 is 9.90 Å². The smallest absolute Gasteiger partial charge is 0.339 e. The Kier molecular flexibility index (Phi) is 2.99. The highest BCUT2D eigenvalue weighted by Gasteiger charge is 2.11. The van der Waals surface area contributed by atoms with Crippen molar-refractivity contribution in [3.63, 3.8) is 0 Å². The maximum atomic E-state index is 10.9. The van der Waals surface area contributed by atoms with Crippen molar-refractivity contribution in [2.45, 2.75) is 6.54 Å². The number of hydrogen-bond acceptors (Lipinski definition) is 5. The first-order valence-electron chi connectivity index (χ1n) is 4.94. The molecule has 0 saturated heterocycles. The lowest BCUT2D eigenvalue weighted by atomic mass is 10.3. The highest BCUT2D eigenvalue weighted by molar-refractivity contribution is 5.92. The summed E-state index contributed by atoms with van der Waals surface area (Å²) in [4.78, 5) is 10.9. The molecule has 0 spiro atoms. The van der Waals surface area contributed by atoms with Crippen molar-refractivity contribution in [3.8, 4) is 0 Å². The minimum atomic E-state index is -1.03. The molecule has 2 heterocycles. The molecule has 2 rings (SSSR count). The molecule has 0 fully saturated rings. The van der Waals surface area contributed by atoms with E-state index in [-0.39, 0.29) is 11.4 Å². The third kappa shape index (κ3) is 2.39. The molecular formula is C10H11N5O2. The first kappa shape index (κ1) is 11.1. The zero-order valence-corrected chi connectivity index (χ0v) is 9.16. The van der Waals surface area contributed by atoms with Gasteiger partial charge in [0.15, 0.2) is 5.82 Å². The van der Waals surface area contributed by atoms with Crippen LogP contribution in [0.15, 0.2) is 24.5 Å². The molecule has 2 aromatic rings. The van der Waals surface area contributed by atoms with Crippen molar-refractivity contribution >= 4 is 11.8 Å². The summed E-state index contributed by atoms with van der Waals surface area (Å²) in [6, 6.07) is 3.24. The number of nitrogens with one attached hydrogen (secondary N) is 1. The second kappa shape index (κ2) is 4.60. The molecule has 0 saturated carbocycles. The van der Waals surface area contributed by atoms with Gasteiger partial charge in [0.25, 0.3) is 0 Å². The van der Waals surface area contributed by atoms with Gasteiger partial charge in [0.1, 0.15) is 5.56 Å². The summed E-state index contributed by atoms with van der Waals surface area (Å²) in [5.41, 5.74) is 1.02. The molecule has 0 atom stereocenters. The normalized spacial score (nSPS) is 10.2. The Hall–Kier alpha value is -2.44. The third-order valence-corrected chi connectivity index (χ3v) is 2.31. The van der Waals surface area contributed by atoms with Crippen LogP contribution in [0.3, 0.4) is 0 Å². The van der Waals surface area contributed by atoms with Crippen LogP contribution < -0.4 is 5.32 Å². The van der Waals surface area contributed by atoms with E-state index in [4.69, 9.17) is 5.11 Å². The van der Waals surface area contributed by atoms with Crippen LogP contribution in [0.4, 0.5) is 5.82 Å². The molecule has 0 radical (unpaired) electrons. The van der Waals surface area contributed by atoms with E-state index in [0.717, 1.165) is 5.69 Å². The summed E-state index contributed by atoms with van der Waals surface area (Å²) in [5.74, 6) is -0.784. The predicted molar refractivity (Wildman–Crippen MR) is 59.5 cm³/mol. The van der Waals surface area contributed by atoms with E-state index in [9.17, 15) is 4.79 Å². The summed E-state index contributed by atoms with van der Waals surface area (Å²) in [5, 5.41) is 23.3. The fourth-order valence-electron chi connectivity index (χ4n) is 1.38. The predicted octanol–water partition coefficient (Wildman–Crippen LogP) is 0.520.